The predicted octanol–water partition coefficient (Wildman–Crippen LogP) is 3.43. The molecule has 0 spiro atoms. The van der Waals surface area contributed by atoms with Gasteiger partial charge in [0.2, 0.25) is 0 Å². The molecule has 0 fully saturated rings. The number of nitro benzene ring substituents is 1. The quantitative estimate of drug-likeness (QED) is 0.365. The minimum absolute atomic E-state index is 0.0384. The highest BCUT2D eigenvalue weighted by molar-refractivity contribution is 6.04. The molecule has 106 valence electrons. The first kappa shape index (κ1) is 14.5. The predicted molar refractivity (Wildman–Crippen MR) is 81.4 cm³/mol. The minimum atomic E-state index is -0.446. The summed E-state index contributed by atoms with van der Waals surface area (Å²) in [5.74, 6) is -0.0932. The van der Waals surface area contributed by atoms with Crippen LogP contribution in [0, 0.1) is 10.1 Å². The van der Waals surface area contributed by atoms with Crippen molar-refractivity contribution in [3.8, 4) is 0 Å². The Morgan fingerprint density at radius 3 is 2.29 bits per heavy atom. The molecule has 0 N–H and O–H groups in total. The monoisotopic (exact) mass is 282 g/mol. The standard InChI is InChI=1S/C16H14N2O3/c1-17(14-7-9-15(10-8-14)18(20)21)12-11-16(19)13-5-3-2-4-6-13/h2-12H,1H3/b12-11+. The molecule has 0 saturated heterocycles. The molecular formula is C16H14N2O3. The van der Waals surface area contributed by atoms with Crippen molar-refractivity contribution in [3.05, 3.63) is 82.6 Å². The first-order valence-electron chi connectivity index (χ1n) is 6.33. The van der Waals surface area contributed by atoms with Gasteiger partial charge in [0.05, 0.1) is 4.92 Å². The van der Waals surface area contributed by atoms with Crippen LogP contribution in [0.4, 0.5) is 11.4 Å². The summed E-state index contributed by atoms with van der Waals surface area (Å²) in [6.45, 7) is 0. The zero-order valence-electron chi connectivity index (χ0n) is 11.5. The third-order valence-electron chi connectivity index (χ3n) is 2.98. The maximum absolute atomic E-state index is 11.9. The first-order chi connectivity index (χ1) is 10.1. The molecule has 0 aliphatic rings. The largest absolute Gasteiger partial charge is 0.351 e. The molecule has 5 heteroatoms. The van der Waals surface area contributed by atoms with Crippen LogP contribution in [0.15, 0.2) is 66.9 Å². The van der Waals surface area contributed by atoms with E-state index in [1.165, 1.54) is 18.2 Å². The summed E-state index contributed by atoms with van der Waals surface area (Å²) in [6.07, 6.45) is 3.10. The molecule has 0 bridgehead atoms. The Balaban J connectivity index is 2.07. The van der Waals surface area contributed by atoms with Crippen molar-refractivity contribution in [2.24, 2.45) is 0 Å². The number of carbonyl (C=O) groups excluding carboxylic acids is 1. The first-order valence-corrected chi connectivity index (χ1v) is 6.33. The summed E-state index contributed by atoms with van der Waals surface area (Å²) in [5.41, 5.74) is 1.42. The Hall–Kier alpha value is -2.95. The van der Waals surface area contributed by atoms with E-state index in [2.05, 4.69) is 0 Å². The molecule has 5 nitrogen and oxygen atoms in total. The average molecular weight is 282 g/mol. The number of carbonyl (C=O) groups is 1. The Labute approximate surface area is 122 Å². The van der Waals surface area contributed by atoms with E-state index in [9.17, 15) is 14.9 Å². The van der Waals surface area contributed by atoms with Crippen LogP contribution in [0.3, 0.4) is 0 Å². The Bertz CT molecular complexity index is 664. The van der Waals surface area contributed by atoms with E-state index in [0.29, 0.717) is 5.56 Å². The van der Waals surface area contributed by atoms with Crippen LogP contribution in [-0.2, 0) is 0 Å². The molecule has 2 rings (SSSR count). The number of non-ortho nitro benzene ring substituents is 1. The molecule has 21 heavy (non-hydrogen) atoms. The van der Waals surface area contributed by atoms with Gasteiger partial charge < -0.3 is 4.90 Å². The number of rotatable bonds is 5. The lowest BCUT2D eigenvalue weighted by atomic mass is 10.1. The zero-order chi connectivity index (χ0) is 15.2. The van der Waals surface area contributed by atoms with E-state index in [0.717, 1.165) is 5.69 Å². The van der Waals surface area contributed by atoms with Gasteiger partial charge in [0.1, 0.15) is 0 Å². The lowest BCUT2D eigenvalue weighted by Gasteiger charge is -2.13. The topological polar surface area (TPSA) is 63.5 Å². The van der Waals surface area contributed by atoms with Crippen LogP contribution in [0.5, 0.6) is 0 Å². The van der Waals surface area contributed by atoms with E-state index in [4.69, 9.17) is 0 Å². The third kappa shape index (κ3) is 3.76. The van der Waals surface area contributed by atoms with Crippen molar-refractivity contribution in [1.29, 1.82) is 0 Å². The second-order valence-corrected chi connectivity index (χ2v) is 4.43. The van der Waals surface area contributed by atoms with Crippen molar-refractivity contribution >= 4 is 17.2 Å². The SMILES string of the molecule is CN(/C=C/C(=O)c1ccccc1)c1ccc([N+](=O)[O-])cc1. The summed E-state index contributed by atoms with van der Waals surface area (Å²) >= 11 is 0. The van der Waals surface area contributed by atoms with Crippen LogP contribution in [0.2, 0.25) is 0 Å². The zero-order valence-corrected chi connectivity index (χ0v) is 11.5. The number of nitro groups is 1. The van der Waals surface area contributed by atoms with E-state index >= 15 is 0 Å². The highest BCUT2D eigenvalue weighted by Crippen LogP contribution is 2.18. The molecule has 2 aromatic carbocycles. The number of nitrogens with zero attached hydrogens (tertiary/aromatic N) is 2. The van der Waals surface area contributed by atoms with Gasteiger partial charge in [-0.15, -0.1) is 0 Å². The highest BCUT2D eigenvalue weighted by atomic mass is 16.6. The fourth-order valence-corrected chi connectivity index (χ4v) is 1.77. The van der Waals surface area contributed by atoms with Crippen molar-refractivity contribution in [1.82, 2.24) is 0 Å². The second-order valence-electron chi connectivity index (χ2n) is 4.43. The molecule has 0 radical (unpaired) electrons. The molecule has 0 amide bonds. The second kappa shape index (κ2) is 6.47. The van der Waals surface area contributed by atoms with Crippen molar-refractivity contribution < 1.29 is 9.72 Å². The highest BCUT2D eigenvalue weighted by Gasteiger charge is 2.06. The van der Waals surface area contributed by atoms with E-state index in [1.807, 2.05) is 6.07 Å². The summed E-state index contributed by atoms with van der Waals surface area (Å²) in [4.78, 5) is 23.8. The number of allylic oxidation sites excluding steroid dienone is 1. The normalized spacial score (nSPS) is 10.5. The van der Waals surface area contributed by atoms with Crippen LogP contribution in [0.1, 0.15) is 10.4 Å². The fraction of sp³-hybridized carbons (Fsp3) is 0.0625. The van der Waals surface area contributed by atoms with E-state index < -0.39 is 4.92 Å². The molecule has 0 saturated carbocycles. The van der Waals surface area contributed by atoms with Gasteiger partial charge in [-0.25, -0.2) is 0 Å². The fourth-order valence-electron chi connectivity index (χ4n) is 1.77. The number of hydrogen-bond donors (Lipinski definition) is 0. The minimum Gasteiger partial charge on any atom is -0.351 e. The Kier molecular flexibility index (Phi) is 4.46. The maximum Gasteiger partial charge on any atom is 0.269 e. The van der Waals surface area contributed by atoms with Gasteiger partial charge in [0.25, 0.3) is 5.69 Å². The lowest BCUT2D eigenvalue weighted by molar-refractivity contribution is -0.384. The summed E-state index contributed by atoms with van der Waals surface area (Å²) in [5, 5.41) is 10.6. The molecule has 2 aromatic rings. The molecular weight excluding hydrogens is 268 g/mol. The van der Waals surface area contributed by atoms with Gasteiger partial charge in [-0.3, -0.25) is 14.9 Å². The summed E-state index contributed by atoms with van der Waals surface area (Å²) in [7, 11) is 1.77. The van der Waals surface area contributed by atoms with Crippen LogP contribution >= 0.6 is 0 Å². The Morgan fingerprint density at radius 2 is 1.71 bits per heavy atom. The molecule has 0 atom stereocenters. The maximum atomic E-state index is 11.9. The van der Waals surface area contributed by atoms with E-state index in [1.54, 1.807) is 54.5 Å². The van der Waals surface area contributed by atoms with Gasteiger partial charge in [-0.05, 0) is 12.1 Å². The van der Waals surface area contributed by atoms with Crippen LogP contribution < -0.4 is 4.90 Å². The van der Waals surface area contributed by atoms with Gasteiger partial charge >= 0.3 is 0 Å². The smallest absolute Gasteiger partial charge is 0.269 e. The number of hydrogen-bond acceptors (Lipinski definition) is 4. The van der Waals surface area contributed by atoms with Crippen molar-refractivity contribution in [2.75, 3.05) is 11.9 Å². The number of anilines is 1. The number of ketones is 1. The Morgan fingerprint density at radius 1 is 1.10 bits per heavy atom. The van der Waals surface area contributed by atoms with Gasteiger partial charge in [0.15, 0.2) is 5.78 Å². The van der Waals surface area contributed by atoms with Gasteiger partial charge in [0, 0.05) is 42.7 Å². The third-order valence-corrected chi connectivity index (χ3v) is 2.98. The lowest BCUT2D eigenvalue weighted by Crippen LogP contribution is -2.09. The van der Waals surface area contributed by atoms with E-state index in [-0.39, 0.29) is 11.5 Å². The summed E-state index contributed by atoms with van der Waals surface area (Å²) < 4.78 is 0. The van der Waals surface area contributed by atoms with Gasteiger partial charge in [-0.1, -0.05) is 30.3 Å². The number of benzene rings is 2. The molecule has 0 aliphatic heterocycles. The molecule has 0 unspecified atom stereocenters. The molecule has 0 heterocycles. The van der Waals surface area contributed by atoms with Crippen LogP contribution in [-0.4, -0.2) is 17.8 Å². The summed E-state index contributed by atoms with van der Waals surface area (Å²) in [6, 6.07) is 15.1. The van der Waals surface area contributed by atoms with Gasteiger partial charge in [-0.2, -0.15) is 0 Å². The van der Waals surface area contributed by atoms with Crippen molar-refractivity contribution in [2.45, 2.75) is 0 Å². The van der Waals surface area contributed by atoms with Crippen molar-refractivity contribution in [3.63, 3.8) is 0 Å². The average Bonchev–Trinajstić information content (AvgIpc) is 2.53. The molecule has 0 aliphatic carbocycles. The molecule has 0 aromatic heterocycles. The van der Waals surface area contributed by atoms with Crippen LogP contribution in [0.25, 0.3) is 0 Å².